The summed E-state index contributed by atoms with van der Waals surface area (Å²) in [6.45, 7) is 7.56. The molecule has 0 amide bonds. The number of hydrogen-bond acceptors (Lipinski definition) is 4. The molecule has 1 aliphatic rings. The number of hydrogen-bond donors (Lipinski definition) is 3. The Balaban J connectivity index is 2.35. The first-order chi connectivity index (χ1) is 8.99. The number of rotatable bonds is 8. The fourth-order valence-corrected chi connectivity index (χ4v) is 2.73. The number of carboxylic acids is 1. The molecule has 1 heterocycles. The molecule has 1 atom stereocenters. The fourth-order valence-electron chi connectivity index (χ4n) is 2.73. The van der Waals surface area contributed by atoms with Gasteiger partial charge in [0.25, 0.3) is 0 Å². The van der Waals surface area contributed by atoms with E-state index in [2.05, 4.69) is 10.2 Å². The van der Waals surface area contributed by atoms with E-state index in [1.54, 1.807) is 0 Å². The summed E-state index contributed by atoms with van der Waals surface area (Å²) in [6, 6.07) is 0. The molecule has 0 aromatic rings. The predicted octanol–water partition coefficient (Wildman–Crippen LogP) is 0.924. The summed E-state index contributed by atoms with van der Waals surface area (Å²) in [5, 5.41) is 22.0. The van der Waals surface area contributed by atoms with Crippen molar-refractivity contribution in [1.82, 2.24) is 10.2 Å². The Morgan fingerprint density at radius 1 is 1.42 bits per heavy atom. The highest BCUT2D eigenvalue weighted by Crippen LogP contribution is 2.21. The van der Waals surface area contributed by atoms with E-state index in [0.29, 0.717) is 5.92 Å². The van der Waals surface area contributed by atoms with Crippen molar-refractivity contribution in [3.8, 4) is 0 Å². The Morgan fingerprint density at radius 3 is 2.68 bits per heavy atom. The smallest absolute Gasteiger partial charge is 0.317 e. The third kappa shape index (κ3) is 5.89. The van der Waals surface area contributed by atoms with Gasteiger partial charge in [0, 0.05) is 13.1 Å². The predicted molar refractivity (Wildman–Crippen MR) is 75.2 cm³/mol. The van der Waals surface area contributed by atoms with Crippen LogP contribution in [0.25, 0.3) is 0 Å². The van der Waals surface area contributed by atoms with Crippen molar-refractivity contribution in [2.45, 2.75) is 45.1 Å². The van der Waals surface area contributed by atoms with Gasteiger partial charge in [-0.3, -0.25) is 4.79 Å². The maximum atomic E-state index is 10.5. The molecule has 5 heteroatoms. The van der Waals surface area contributed by atoms with Crippen LogP contribution >= 0.6 is 0 Å². The number of aliphatic carboxylic acids is 1. The topological polar surface area (TPSA) is 72.8 Å². The SMILES string of the molecule is CCC(O)(CC)CN1CCCC(CNCC(=O)O)C1. The maximum absolute atomic E-state index is 10.5. The molecular weight excluding hydrogens is 244 g/mol. The molecule has 0 saturated carbocycles. The molecule has 0 aliphatic carbocycles. The molecule has 1 saturated heterocycles. The van der Waals surface area contributed by atoms with Gasteiger partial charge in [-0.1, -0.05) is 13.8 Å². The molecule has 19 heavy (non-hydrogen) atoms. The van der Waals surface area contributed by atoms with Gasteiger partial charge >= 0.3 is 5.97 Å². The second kappa shape index (κ2) is 7.82. The maximum Gasteiger partial charge on any atom is 0.317 e. The molecule has 1 aliphatic heterocycles. The molecule has 3 N–H and O–H groups in total. The summed E-state index contributed by atoms with van der Waals surface area (Å²) in [5.41, 5.74) is -0.573. The summed E-state index contributed by atoms with van der Waals surface area (Å²) in [6.07, 6.45) is 3.83. The van der Waals surface area contributed by atoms with Crippen LogP contribution in [-0.2, 0) is 4.79 Å². The van der Waals surface area contributed by atoms with Crippen molar-refractivity contribution in [1.29, 1.82) is 0 Å². The third-order valence-corrected chi connectivity index (χ3v) is 4.15. The Bertz CT molecular complexity index is 280. The molecule has 1 rings (SSSR count). The average Bonchev–Trinajstić information content (AvgIpc) is 2.38. The summed E-state index contributed by atoms with van der Waals surface area (Å²) in [7, 11) is 0. The van der Waals surface area contributed by atoms with Crippen LogP contribution in [0, 0.1) is 5.92 Å². The second-order valence-electron chi connectivity index (χ2n) is 5.70. The first-order valence-electron chi connectivity index (χ1n) is 7.36. The number of nitrogens with one attached hydrogen (secondary N) is 1. The van der Waals surface area contributed by atoms with Gasteiger partial charge in [0.1, 0.15) is 0 Å². The van der Waals surface area contributed by atoms with Gasteiger partial charge in [0.15, 0.2) is 0 Å². The van der Waals surface area contributed by atoms with Crippen molar-refractivity contribution in [3.63, 3.8) is 0 Å². The zero-order valence-electron chi connectivity index (χ0n) is 12.2. The van der Waals surface area contributed by atoms with Crippen molar-refractivity contribution in [2.75, 3.05) is 32.7 Å². The second-order valence-corrected chi connectivity index (χ2v) is 5.70. The van der Waals surface area contributed by atoms with E-state index in [1.165, 1.54) is 0 Å². The number of nitrogens with zero attached hydrogens (tertiary/aromatic N) is 1. The Labute approximate surface area is 116 Å². The van der Waals surface area contributed by atoms with Crippen LogP contribution in [0.5, 0.6) is 0 Å². The van der Waals surface area contributed by atoms with E-state index in [9.17, 15) is 9.90 Å². The van der Waals surface area contributed by atoms with Crippen LogP contribution in [0.15, 0.2) is 0 Å². The minimum atomic E-state index is -0.806. The van der Waals surface area contributed by atoms with E-state index >= 15 is 0 Å². The average molecular weight is 272 g/mol. The summed E-state index contributed by atoms with van der Waals surface area (Å²) >= 11 is 0. The van der Waals surface area contributed by atoms with Crippen LogP contribution in [-0.4, -0.2) is 59.4 Å². The van der Waals surface area contributed by atoms with Crippen molar-refractivity contribution >= 4 is 5.97 Å². The highest BCUT2D eigenvalue weighted by molar-refractivity contribution is 5.68. The van der Waals surface area contributed by atoms with Crippen LogP contribution < -0.4 is 5.32 Å². The minimum Gasteiger partial charge on any atom is -0.480 e. The monoisotopic (exact) mass is 272 g/mol. The first kappa shape index (κ1) is 16.4. The largest absolute Gasteiger partial charge is 0.480 e. The van der Waals surface area contributed by atoms with Gasteiger partial charge in [0.05, 0.1) is 12.1 Å². The third-order valence-electron chi connectivity index (χ3n) is 4.15. The van der Waals surface area contributed by atoms with Gasteiger partial charge in [-0.2, -0.15) is 0 Å². The lowest BCUT2D eigenvalue weighted by molar-refractivity contribution is -0.136. The normalized spacial score (nSPS) is 21.5. The van der Waals surface area contributed by atoms with E-state index < -0.39 is 11.6 Å². The molecule has 0 aromatic heterocycles. The molecule has 0 radical (unpaired) electrons. The number of aliphatic hydroxyl groups is 1. The first-order valence-corrected chi connectivity index (χ1v) is 7.36. The van der Waals surface area contributed by atoms with Gasteiger partial charge in [0.2, 0.25) is 0 Å². The number of likely N-dealkylation sites (tertiary alicyclic amines) is 1. The molecule has 1 fully saturated rings. The van der Waals surface area contributed by atoms with Crippen LogP contribution in [0.2, 0.25) is 0 Å². The van der Waals surface area contributed by atoms with Crippen LogP contribution in [0.1, 0.15) is 39.5 Å². The molecule has 0 aromatic carbocycles. The molecule has 1 unspecified atom stereocenters. The standard InChI is InChI=1S/C14H28N2O3/c1-3-14(19,4-2)11-16-7-5-6-12(10-16)8-15-9-13(17)18/h12,15,19H,3-11H2,1-2H3,(H,17,18). The van der Waals surface area contributed by atoms with Gasteiger partial charge in [-0.25, -0.2) is 0 Å². The highest BCUT2D eigenvalue weighted by Gasteiger charge is 2.28. The lowest BCUT2D eigenvalue weighted by atomic mass is 9.93. The molecule has 112 valence electrons. The minimum absolute atomic E-state index is 0.0321. The van der Waals surface area contributed by atoms with Crippen molar-refractivity contribution in [3.05, 3.63) is 0 Å². The number of carbonyl (C=O) groups is 1. The molecule has 5 nitrogen and oxygen atoms in total. The van der Waals surface area contributed by atoms with E-state index in [4.69, 9.17) is 5.11 Å². The lowest BCUT2D eigenvalue weighted by Gasteiger charge is -2.38. The van der Waals surface area contributed by atoms with Crippen molar-refractivity contribution in [2.24, 2.45) is 5.92 Å². The summed E-state index contributed by atoms with van der Waals surface area (Å²) in [5.74, 6) is -0.315. The van der Waals surface area contributed by atoms with Gasteiger partial charge < -0.3 is 20.4 Å². The van der Waals surface area contributed by atoms with E-state index in [0.717, 1.165) is 51.9 Å². The quantitative estimate of drug-likeness (QED) is 0.613. The Hall–Kier alpha value is -0.650. The highest BCUT2D eigenvalue weighted by atomic mass is 16.4. The number of carboxylic acid groups (broad SMARTS) is 1. The Morgan fingerprint density at radius 2 is 2.11 bits per heavy atom. The summed E-state index contributed by atoms with van der Waals surface area (Å²) < 4.78 is 0. The number of piperidine rings is 1. The summed E-state index contributed by atoms with van der Waals surface area (Å²) in [4.78, 5) is 12.8. The van der Waals surface area contributed by atoms with E-state index in [1.807, 2.05) is 13.8 Å². The fraction of sp³-hybridized carbons (Fsp3) is 0.929. The zero-order chi connectivity index (χ0) is 14.3. The Kier molecular flexibility index (Phi) is 6.75. The van der Waals surface area contributed by atoms with Gasteiger partial charge in [-0.05, 0) is 44.7 Å². The molecule has 0 spiro atoms. The molecular formula is C14H28N2O3. The van der Waals surface area contributed by atoms with Gasteiger partial charge in [-0.15, -0.1) is 0 Å². The van der Waals surface area contributed by atoms with Crippen LogP contribution in [0.3, 0.4) is 0 Å². The zero-order valence-corrected chi connectivity index (χ0v) is 12.2. The number of β-amino-alcohol motifs (C(OH)–C–C–N with tert-alkyl or cyclic N) is 1. The lowest BCUT2D eigenvalue weighted by Crippen LogP contribution is -2.48. The molecule has 0 bridgehead atoms. The van der Waals surface area contributed by atoms with E-state index in [-0.39, 0.29) is 6.54 Å². The van der Waals surface area contributed by atoms with Crippen molar-refractivity contribution < 1.29 is 15.0 Å². The van der Waals surface area contributed by atoms with Crippen LogP contribution in [0.4, 0.5) is 0 Å².